The second-order valence-electron chi connectivity index (χ2n) is 3.79. The molecule has 2 rings (SSSR count). The zero-order chi connectivity index (χ0) is 10.9. The fourth-order valence-corrected chi connectivity index (χ4v) is 1.44. The molecule has 1 aliphatic rings. The van der Waals surface area contributed by atoms with Crippen LogP contribution in [0.1, 0.15) is 23.2 Å². The van der Waals surface area contributed by atoms with E-state index in [2.05, 4.69) is 10.3 Å². The van der Waals surface area contributed by atoms with E-state index in [-0.39, 0.29) is 17.7 Å². The van der Waals surface area contributed by atoms with Gasteiger partial charge in [0.2, 0.25) is 0 Å². The second kappa shape index (κ2) is 3.51. The van der Waals surface area contributed by atoms with Crippen LogP contribution in [0.25, 0.3) is 0 Å². The van der Waals surface area contributed by atoms with Crippen LogP contribution in [0.15, 0.2) is 18.5 Å². The number of hydrogen-bond donors (Lipinski definition) is 3. The lowest BCUT2D eigenvalue weighted by Gasteiger charge is -2.16. The number of aliphatic hydroxyl groups is 1. The van der Waals surface area contributed by atoms with Crippen LogP contribution < -0.4 is 5.32 Å². The van der Waals surface area contributed by atoms with Gasteiger partial charge < -0.3 is 15.5 Å². The average molecular weight is 208 g/mol. The Morgan fingerprint density at radius 3 is 2.87 bits per heavy atom. The molecule has 5 nitrogen and oxygen atoms in total. The molecule has 0 atom stereocenters. The Balaban J connectivity index is 2.24. The van der Waals surface area contributed by atoms with E-state index in [0.29, 0.717) is 5.69 Å². The predicted octanol–water partition coefficient (Wildman–Crippen LogP) is 0.717. The van der Waals surface area contributed by atoms with Crippen molar-refractivity contribution >= 4 is 11.7 Å². The van der Waals surface area contributed by atoms with Crippen LogP contribution >= 0.6 is 0 Å². The van der Waals surface area contributed by atoms with Gasteiger partial charge in [-0.1, -0.05) is 0 Å². The fraction of sp³-hybridized carbons (Fsp3) is 0.400. The normalized spacial score (nSPS) is 17.1. The third kappa shape index (κ3) is 1.92. The number of pyridine rings is 1. The summed E-state index contributed by atoms with van der Waals surface area (Å²) in [5.41, 5.74) is 0.328. The highest BCUT2D eigenvalue weighted by Crippen LogP contribution is 2.38. The van der Waals surface area contributed by atoms with Gasteiger partial charge in [0.25, 0.3) is 0 Å². The first-order valence-electron chi connectivity index (χ1n) is 4.73. The molecule has 0 radical (unpaired) electrons. The number of anilines is 1. The molecule has 15 heavy (non-hydrogen) atoms. The highest BCUT2D eigenvalue weighted by Gasteiger charge is 2.42. The van der Waals surface area contributed by atoms with Crippen molar-refractivity contribution in [1.29, 1.82) is 0 Å². The van der Waals surface area contributed by atoms with E-state index < -0.39 is 5.97 Å². The van der Waals surface area contributed by atoms with Crippen molar-refractivity contribution in [3.05, 3.63) is 24.0 Å². The zero-order valence-corrected chi connectivity index (χ0v) is 8.10. The molecule has 0 saturated heterocycles. The largest absolute Gasteiger partial charge is 0.478 e. The van der Waals surface area contributed by atoms with Crippen molar-refractivity contribution in [2.24, 2.45) is 0 Å². The van der Waals surface area contributed by atoms with Crippen molar-refractivity contribution in [3.8, 4) is 0 Å². The second-order valence-corrected chi connectivity index (χ2v) is 3.79. The number of nitrogens with one attached hydrogen (secondary N) is 1. The lowest BCUT2D eigenvalue weighted by molar-refractivity contribution is 0.0697. The van der Waals surface area contributed by atoms with E-state index in [1.54, 1.807) is 0 Å². The maximum Gasteiger partial charge on any atom is 0.337 e. The predicted molar refractivity (Wildman–Crippen MR) is 53.9 cm³/mol. The average Bonchev–Trinajstić information content (AvgIpc) is 2.99. The fourth-order valence-electron chi connectivity index (χ4n) is 1.44. The van der Waals surface area contributed by atoms with Gasteiger partial charge in [0.15, 0.2) is 0 Å². The SMILES string of the molecule is O=C(O)c1ccncc1NC1(CO)CC1. The van der Waals surface area contributed by atoms with Gasteiger partial charge in [0, 0.05) is 6.20 Å². The molecule has 80 valence electrons. The molecule has 0 spiro atoms. The van der Waals surface area contributed by atoms with E-state index in [9.17, 15) is 4.79 Å². The Kier molecular flexibility index (Phi) is 2.32. The summed E-state index contributed by atoms with van der Waals surface area (Å²) in [6.07, 6.45) is 4.63. The molecule has 1 heterocycles. The summed E-state index contributed by atoms with van der Waals surface area (Å²) in [5, 5.41) is 21.1. The van der Waals surface area contributed by atoms with E-state index in [0.717, 1.165) is 12.8 Å². The van der Waals surface area contributed by atoms with Crippen molar-refractivity contribution in [2.45, 2.75) is 18.4 Å². The number of carboxylic acids is 1. The summed E-state index contributed by atoms with van der Waals surface area (Å²) in [4.78, 5) is 14.8. The molecule has 1 aliphatic carbocycles. The molecular weight excluding hydrogens is 196 g/mol. The lowest BCUT2D eigenvalue weighted by atomic mass is 10.2. The summed E-state index contributed by atoms with van der Waals surface area (Å²) in [7, 11) is 0. The third-order valence-electron chi connectivity index (χ3n) is 2.61. The third-order valence-corrected chi connectivity index (χ3v) is 2.61. The van der Waals surface area contributed by atoms with Crippen molar-refractivity contribution in [3.63, 3.8) is 0 Å². The van der Waals surface area contributed by atoms with Crippen LogP contribution in [0.5, 0.6) is 0 Å². The van der Waals surface area contributed by atoms with Gasteiger partial charge >= 0.3 is 5.97 Å². The highest BCUT2D eigenvalue weighted by molar-refractivity contribution is 5.94. The molecule has 0 amide bonds. The molecule has 1 saturated carbocycles. The Labute approximate surface area is 86.8 Å². The molecule has 1 aromatic heterocycles. The Hall–Kier alpha value is -1.62. The summed E-state index contributed by atoms with van der Waals surface area (Å²) >= 11 is 0. The maximum atomic E-state index is 10.9. The Bertz CT molecular complexity index is 388. The monoisotopic (exact) mass is 208 g/mol. The van der Waals surface area contributed by atoms with Crippen LogP contribution in [-0.2, 0) is 0 Å². The van der Waals surface area contributed by atoms with Crippen LogP contribution in [0.3, 0.4) is 0 Å². The van der Waals surface area contributed by atoms with E-state index in [1.165, 1.54) is 18.5 Å². The molecule has 1 aromatic rings. The van der Waals surface area contributed by atoms with Gasteiger partial charge in [-0.15, -0.1) is 0 Å². The van der Waals surface area contributed by atoms with Gasteiger partial charge in [0.05, 0.1) is 29.6 Å². The highest BCUT2D eigenvalue weighted by atomic mass is 16.4. The van der Waals surface area contributed by atoms with E-state index in [1.807, 2.05) is 0 Å². The van der Waals surface area contributed by atoms with Gasteiger partial charge in [0.1, 0.15) is 0 Å². The molecule has 0 aliphatic heterocycles. The molecular formula is C10H12N2O3. The molecule has 5 heteroatoms. The number of carbonyl (C=O) groups is 1. The number of nitrogens with zero attached hydrogens (tertiary/aromatic N) is 1. The molecule has 1 fully saturated rings. The van der Waals surface area contributed by atoms with Crippen molar-refractivity contribution in [1.82, 2.24) is 4.98 Å². The minimum absolute atomic E-state index is 0.0148. The van der Waals surface area contributed by atoms with E-state index >= 15 is 0 Å². The Morgan fingerprint density at radius 1 is 1.60 bits per heavy atom. The molecule has 0 unspecified atom stereocenters. The number of aromatic nitrogens is 1. The summed E-state index contributed by atoms with van der Waals surface area (Å²) in [5.74, 6) is -0.992. The first kappa shape index (κ1) is 9.92. The Morgan fingerprint density at radius 2 is 2.33 bits per heavy atom. The number of rotatable bonds is 4. The van der Waals surface area contributed by atoms with Crippen LogP contribution in [0.2, 0.25) is 0 Å². The topological polar surface area (TPSA) is 82.5 Å². The van der Waals surface area contributed by atoms with Gasteiger partial charge in [-0.2, -0.15) is 0 Å². The van der Waals surface area contributed by atoms with Crippen molar-refractivity contribution < 1.29 is 15.0 Å². The number of aromatic carboxylic acids is 1. The minimum Gasteiger partial charge on any atom is -0.478 e. The number of hydrogen-bond acceptors (Lipinski definition) is 4. The van der Waals surface area contributed by atoms with Crippen LogP contribution in [0.4, 0.5) is 5.69 Å². The van der Waals surface area contributed by atoms with Crippen LogP contribution in [-0.4, -0.2) is 33.3 Å². The minimum atomic E-state index is -0.992. The summed E-state index contributed by atoms with van der Waals surface area (Å²) in [6.45, 7) is 0.0148. The number of aliphatic hydroxyl groups excluding tert-OH is 1. The lowest BCUT2D eigenvalue weighted by Crippen LogP contribution is -2.26. The molecule has 0 bridgehead atoms. The number of carboxylic acid groups (broad SMARTS) is 1. The standard InChI is InChI=1S/C10H12N2O3/c13-6-10(2-3-10)12-8-5-11-4-1-7(8)9(14)15/h1,4-5,12-13H,2-3,6H2,(H,14,15). The quantitative estimate of drug-likeness (QED) is 0.679. The summed E-state index contributed by atoms with van der Waals surface area (Å²) in [6, 6.07) is 1.44. The van der Waals surface area contributed by atoms with Gasteiger partial charge in [-0.3, -0.25) is 4.98 Å². The first-order valence-corrected chi connectivity index (χ1v) is 4.73. The van der Waals surface area contributed by atoms with Gasteiger partial charge in [-0.25, -0.2) is 4.79 Å². The summed E-state index contributed by atoms with van der Waals surface area (Å²) < 4.78 is 0. The van der Waals surface area contributed by atoms with Gasteiger partial charge in [-0.05, 0) is 18.9 Å². The van der Waals surface area contributed by atoms with Crippen molar-refractivity contribution in [2.75, 3.05) is 11.9 Å². The smallest absolute Gasteiger partial charge is 0.337 e. The van der Waals surface area contributed by atoms with E-state index in [4.69, 9.17) is 10.2 Å². The molecule has 3 N–H and O–H groups in total. The first-order chi connectivity index (χ1) is 7.17. The maximum absolute atomic E-state index is 10.9. The van der Waals surface area contributed by atoms with Crippen LogP contribution in [0, 0.1) is 0 Å². The zero-order valence-electron chi connectivity index (χ0n) is 8.10. The molecule has 0 aromatic carbocycles.